The number of amides is 2. The number of methoxy groups -OCH3 is 1. The van der Waals surface area contributed by atoms with Crippen LogP contribution >= 0.6 is 0 Å². The van der Waals surface area contributed by atoms with Crippen molar-refractivity contribution >= 4 is 23.9 Å². The third-order valence-electron chi connectivity index (χ3n) is 4.70. The summed E-state index contributed by atoms with van der Waals surface area (Å²) in [6.45, 7) is 5.10. The molecule has 0 aliphatic rings. The minimum Gasteiger partial charge on any atom is -0.467 e. The summed E-state index contributed by atoms with van der Waals surface area (Å²) in [5, 5.41) is 5.05. The molecule has 0 unspecified atom stereocenters. The Balaban J connectivity index is 2.11. The van der Waals surface area contributed by atoms with Crippen molar-refractivity contribution in [2.45, 2.75) is 57.9 Å². The normalized spacial score (nSPS) is 12.6. The van der Waals surface area contributed by atoms with Gasteiger partial charge >= 0.3 is 18.0 Å². The minimum atomic E-state index is -1.29. The first-order valence-electron chi connectivity index (χ1n) is 11.2. The van der Waals surface area contributed by atoms with E-state index >= 15 is 0 Å². The fourth-order valence-corrected chi connectivity index (χ4v) is 3.12. The van der Waals surface area contributed by atoms with E-state index in [0.29, 0.717) is 0 Å². The molecule has 2 N–H and O–H groups in total. The number of carbonyl (C=O) groups excluding carboxylic acids is 4. The van der Waals surface area contributed by atoms with E-state index in [9.17, 15) is 19.2 Å². The van der Waals surface area contributed by atoms with Gasteiger partial charge < -0.3 is 24.8 Å². The lowest BCUT2D eigenvalue weighted by Gasteiger charge is -2.24. The van der Waals surface area contributed by atoms with Gasteiger partial charge in [-0.15, -0.1) is 0 Å². The molecule has 0 aromatic heterocycles. The quantitative estimate of drug-likeness (QED) is 0.393. The van der Waals surface area contributed by atoms with Crippen molar-refractivity contribution in [1.82, 2.24) is 10.6 Å². The van der Waals surface area contributed by atoms with Crippen LogP contribution < -0.4 is 10.6 Å². The zero-order chi connectivity index (χ0) is 25.8. The van der Waals surface area contributed by atoms with Crippen LogP contribution in [0.3, 0.4) is 0 Å². The maximum atomic E-state index is 13.1. The van der Waals surface area contributed by atoms with E-state index in [4.69, 9.17) is 14.2 Å². The topological polar surface area (TPSA) is 120 Å². The van der Waals surface area contributed by atoms with Gasteiger partial charge in [-0.25, -0.2) is 9.59 Å². The van der Waals surface area contributed by atoms with Gasteiger partial charge in [0.05, 0.1) is 13.5 Å². The molecule has 2 rings (SSSR count). The molecular weight excluding hydrogens is 452 g/mol. The standard InChI is InChI=1S/C26H32N2O7/c1-26(2,3)35-22(29)16-21(24(31)33-4)27-23(30)20(15-18-11-7-5-8-12-18)28-25(32)34-17-19-13-9-6-10-14-19/h5-14,20-21H,15-17H2,1-4H3,(H,27,30)(H,28,32)/t20-,21+/m1/s1. The van der Waals surface area contributed by atoms with Crippen LogP contribution in [0.5, 0.6) is 0 Å². The van der Waals surface area contributed by atoms with Crippen LogP contribution in [0, 0.1) is 0 Å². The Morgan fingerprint density at radius 2 is 1.40 bits per heavy atom. The molecule has 2 aromatic rings. The van der Waals surface area contributed by atoms with Gasteiger partial charge in [-0.2, -0.15) is 0 Å². The first-order chi connectivity index (χ1) is 16.6. The molecule has 0 radical (unpaired) electrons. The Hall–Kier alpha value is -3.88. The average molecular weight is 485 g/mol. The number of nitrogens with one attached hydrogen (secondary N) is 2. The van der Waals surface area contributed by atoms with Gasteiger partial charge in [0.2, 0.25) is 5.91 Å². The van der Waals surface area contributed by atoms with Crippen molar-refractivity contribution in [1.29, 1.82) is 0 Å². The highest BCUT2D eigenvalue weighted by Crippen LogP contribution is 2.11. The second kappa shape index (κ2) is 13.1. The number of hydrogen-bond donors (Lipinski definition) is 2. The average Bonchev–Trinajstić information content (AvgIpc) is 2.81. The first kappa shape index (κ1) is 27.4. The summed E-state index contributed by atoms with van der Waals surface area (Å²) in [6.07, 6.45) is -1.09. The van der Waals surface area contributed by atoms with E-state index in [1.807, 2.05) is 24.3 Å². The fourth-order valence-electron chi connectivity index (χ4n) is 3.12. The second-order valence-electron chi connectivity index (χ2n) is 8.82. The van der Waals surface area contributed by atoms with Crippen LogP contribution in [0.1, 0.15) is 38.3 Å². The number of carbonyl (C=O) groups is 4. The molecule has 2 amide bonds. The van der Waals surface area contributed by atoms with Gasteiger partial charge in [0.25, 0.3) is 0 Å². The molecule has 0 spiro atoms. The molecule has 0 saturated heterocycles. The van der Waals surface area contributed by atoms with Crippen LogP contribution in [-0.4, -0.2) is 48.7 Å². The highest BCUT2D eigenvalue weighted by Gasteiger charge is 2.31. The van der Waals surface area contributed by atoms with Gasteiger partial charge in [0.1, 0.15) is 24.3 Å². The van der Waals surface area contributed by atoms with Crippen molar-refractivity contribution in [3.05, 3.63) is 71.8 Å². The minimum absolute atomic E-state index is 0.0236. The summed E-state index contributed by atoms with van der Waals surface area (Å²) in [5.41, 5.74) is 0.800. The lowest BCUT2D eigenvalue weighted by atomic mass is 10.0. The number of rotatable bonds is 10. The summed E-state index contributed by atoms with van der Waals surface area (Å²) >= 11 is 0. The molecule has 9 nitrogen and oxygen atoms in total. The Morgan fingerprint density at radius 1 is 0.829 bits per heavy atom. The Bertz CT molecular complexity index is 988. The van der Waals surface area contributed by atoms with Crippen molar-refractivity contribution in [3.8, 4) is 0 Å². The van der Waals surface area contributed by atoms with Crippen LogP contribution in [0.2, 0.25) is 0 Å². The van der Waals surface area contributed by atoms with Crippen LogP contribution in [-0.2, 0) is 41.6 Å². The Labute approximate surface area is 205 Å². The van der Waals surface area contributed by atoms with Gasteiger partial charge in [-0.05, 0) is 31.9 Å². The monoisotopic (exact) mass is 484 g/mol. The largest absolute Gasteiger partial charge is 0.467 e. The summed E-state index contributed by atoms with van der Waals surface area (Å²) in [7, 11) is 1.15. The lowest BCUT2D eigenvalue weighted by molar-refractivity contribution is -0.159. The predicted molar refractivity (Wildman–Crippen MR) is 128 cm³/mol. The molecule has 0 aliphatic heterocycles. The maximum Gasteiger partial charge on any atom is 0.408 e. The highest BCUT2D eigenvalue weighted by molar-refractivity contribution is 5.91. The van der Waals surface area contributed by atoms with Crippen molar-refractivity contribution in [2.75, 3.05) is 7.11 Å². The van der Waals surface area contributed by atoms with Crippen molar-refractivity contribution in [2.24, 2.45) is 0 Å². The van der Waals surface area contributed by atoms with Gasteiger partial charge in [0.15, 0.2) is 0 Å². The molecule has 35 heavy (non-hydrogen) atoms. The zero-order valence-electron chi connectivity index (χ0n) is 20.4. The van der Waals surface area contributed by atoms with E-state index in [2.05, 4.69) is 10.6 Å². The van der Waals surface area contributed by atoms with E-state index in [0.717, 1.165) is 18.2 Å². The van der Waals surface area contributed by atoms with E-state index in [-0.39, 0.29) is 13.0 Å². The van der Waals surface area contributed by atoms with Crippen LogP contribution in [0.15, 0.2) is 60.7 Å². The van der Waals surface area contributed by atoms with Crippen LogP contribution in [0.4, 0.5) is 4.79 Å². The summed E-state index contributed by atoms with van der Waals surface area (Å²) in [5.74, 6) is -2.16. The maximum absolute atomic E-state index is 13.1. The number of ether oxygens (including phenoxy) is 3. The van der Waals surface area contributed by atoms with Gasteiger partial charge in [0, 0.05) is 6.42 Å². The molecule has 0 saturated carbocycles. The van der Waals surface area contributed by atoms with Gasteiger partial charge in [-0.1, -0.05) is 60.7 Å². The smallest absolute Gasteiger partial charge is 0.408 e. The molecule has 188 valence electrons. The summed E-state index contributed by atoms with van der Waals surface area (Å²) < 4.78 is 15.2. The molecule has 2 aromatic carbocycles. The van der Waals surface area contributed by atoms with E-state index < -0.39 is 48.0 Å². The van der Waals surface area contributed by atoms with Crippen LogP contribution in [0.25, 0.3) is 0 Å². The molecule has 2 atom stereocenters. The Morgan fingerprint density at radius 3 is 1.94 bits per heavy atom. The predicted octanol–water partition coefficient (Wildman–Crippen LogP) is 2.91. The Kier molecular flexibility index (Phi) is 10.3. The molecule has 0 bridgehead atoms. The second-order valence-corrected chi connectivity index (χ2v) is 8.82. The molecule has 0 aliphatic carbocycles. The molecular formula is C26H32N2O7. The van der Waals surface area contributed by atoms with Gasteiger partial charge in [-0.3, -0.25) is 9.59 Å². The van der Waals surface area contributed by atoms with E-state index in [1.54, 1.807) is 57.2 Å². The third kappa shape index (κ3) is 10.3. The summed E-state index contributed by atoms with van der Waals surface area (Å²) in [6, 6.07) is 15.8. The zero-order valence-corrected chi connectivity index (χ0v) is 20.4. The number of esters is 2. The molecule has 0 fully saturated rings. The number of benzene rings is 2. The highest BCUT2D eigenvalue weighted by atomic mass is 16.6. The lowest BCUT2D eigenvalue weighted by Crippen LogP contribution is -2.53. The van der Waals surface area contributed by atoms with Crippen molar-refractivity contribution in [3.63, 3.8) is 0 Å². The van der Waals surface area contributed by atoms with Crippen molar-refractivity contribution < 1.29 is 33.4 Å². The molecule has 9 heteroatoms. The SMILES string of the molecule is COC(=O)[C@H](CC(=O)OC(C)(C)C)NC(=O)[C@@H](Cc1ccccc1)NC(=O)OCc1ccccc1. The van der Waals surface area contributed by atoms with E-state index in [1.165, 1.54) is 0 Å². The number of alkyl carbamates (subject to hydrolysis) is 1. The first-order valence-corrected chi connectivity index (χ1v) is 11.2. The fraction of sp³-hybridized carbons (Fsp3) is 0.385. The molecule has 0 heterocycles. The number of hydrogen-bond acceptors (Lipinski definition) is 7. The summed E-state index contributed by atoms with van der Waals surface area (Å²) in [4.78, 5) is 50.1. The third-order valence-corrected chi connectivity index (χ3v) is 4.70.